The summed E-state index contributed by atoms with van der Waals surface area (Å²) < 4.78 is 26.8. The Morgan fingerprint density at radius 3 is 2.82 bits per heavy atom. The van der Waals surface area contributed by atoms with Crippen LogP contribution in [0.1, 0.15) is 24.8 Å². The number of rotatable bonds is 6. The molecule has 0 aliphatic heterocycles. The second-order valence-corrected chi connectivity index (χ2v) is 7.77. The first kappa shape index (κ1) is 18.8. The zero-order valence-corrected chi connectivity index (χ0v) is 16.7. The molecule has 0 bridgehead atoms. The van der Waals surface area contributed by atoms with Crippen molar-refractivity contribution in [1.82, 2.24) is 19.9 Å². The van der Waals surface area contributed by atoms with Crippen LogP contribution in [-0.4, -0.2) is 19.9 Å². The first-order valence-corrected chi connectivity index (χ1v) is 9.88. The van der Waals surface area contributed by atoms with Crippen molar-refractivity contribution in [2.45, 2.75) is 30.8 Å². The minimum Gasteiger partial charge on any atom is -0.461 e. The van der Waals surface area contributed by atoms with Crippen LogP contribution in [0.5, 0.6) is 0 Å². The smallest absolute Gasteiger partial charge is 0.200 e. The van der Waals surface area contributed by atoms with Crippen LogP contribution in [0.4, 0.5) is 4.39 Å². The van der Waals surface area contributed by atoms with Crippen molar-refractivity contribution in [2.24, 2.45) is 0 Å². The standard InChI is InChI=1S/C19H16ClFN4O2S/c1-3-25-18(16-5-4-8-26-16)22-23-19(25)28-11(2)15-10-17(27-24-15)13-9-12(20)6-7-14(13)21/h4-11H,3H2,1-2H3. The molecule has 0 aliphatic rings. The van der Waals surface area contributed by atoms with E-state index < -0.39 is 5.82 Å². The third-order valence-corrected chi connectivity index (χ3v) is 5.54. The molecule has 9 heteroatoms. The summed E-state index contributed by atoms with van der Waals surface area (Å²) in [7, 11) is 0. The van der Waals surface area contributed by atoms with Crippen LogP contribution in [0.25, 0.3) is 22.9 Å². The molecule has 0 saturated carbocycles. The number of thioether (sulfide) groups is 1. The van der Waals surface area contributed by atoms with Crippen molar-refractivity contribution < 1.29 is 13.3 Å². The molecule has 1 aromatic carbocycles. The lowest BCUT2D eigenvalue weighted by atomic mass is 10.1. The average Bonchev–Trinajstić information content (AvgIpc) is 3.43. The maximum Gasteiger partial charge on any atom is 0.200 e. The van der Waals surface area contributed by atoms with Gasteiger partial charge in [0.1, 0.15) is 5.82 Å². The largest absolute Gasteiger partial charge is 0.461 e. The molecule has 0 spiro atoms. The van der Waals surface area contributed by atoms with Gasteiger partial charge >= 0.3 is 0 Å². The Bertz CT molecular complexity index is 1090. The zero-order valence-electron chi connectivity index (χ0n) is 15.1. The van der Waals surface area contributed by atoms with E-state index in [1.54, 1.807) is 12.3 Å². The first-order valence-electron chi connectivity index (χ1n) is 8.62. The molecular formula is C19H16ClFN4O2S. The van der Waals surface area contributed by atoms with Gasteiger partial charge in [0.05, 0.1) is 22.8 Å². The average molecular weight is 419 g/mol. The van der Waals surface area contributed by atoms with Crippen molar-refractivity contribution >= 4 is 23.4 Å². The molecule has 0 N–H and O–H groups in total. The second kappa shape index (κ2) is 7.81. The molecule has 0 saturated heterocycles. The third kappa shape index (κ3) is 3.57. The first-order chi connectivity index (χ1) is 13.6. The number of hydrogen-bond acceptors (Lipinski definition) is 6. The molecule has 4 rings (SSSR count). The van der Waals surface area contributed by atoms with E-state index in [4.69, 9.17) is 20.5 Å². The second-order valence-electron chi connectivity index (χ2n) is 6.03. The predicted octanol–water partition coefficient (Wildman–Crippen LogP) is 5.86. The maximum atomic E-state index is 14.1. The van der Waals surface area contributed by atoms with Crippen LogP contribution in [0, 0.1) is 5.82 Å². The highest BCUT2D eigenvalue weighted by molar-refractivity contribution is 7.99. The molecule has 144 valence electrons. The zero-order chi connectivity index (χ0) is 19.7. The topological polar surface area (TPSA) is 69.9 Å². The van der Waals surface area contributed by atoms with Crippen LogP contribution in [0.15, 0.2) is 56.8 Å². The highest BCUT2D eigenvalue weighted by Gasteiger charge is 2.21. The highest BCUT2D eigenvalue weighted by atomic mass is 35.5. The van der Waals surface area contributed by atoms with E-state index >= 15 is 0 Å². The number of aromatic nitrogens is 4. The van der Waals surface area contributed by atoms with Crippen molar-refractivity contribution in [3.8, 4) is 22.9 Å². The van der Waals surface area contributed by atoms with Crippen molar-refractivity contribution in [3.05, 3.63) is 59.2 Å². The van der Waals surface area contributed by atoms with E-state index in [0.717, 1.165) is 5.16 Å². The number of benzene rings is 1. The van der Waals surface area contributed by atoms with Gasteiger partial charge in [-0.15, -0.1) is 10.2 Å². The Balaban J connectivity index is 1.58. The Kier molecular flexibility index (Phi) is 5.23. The van der Waals surface area contributed by atoms with Crippen molar-refractivity contribution in [2.75, 3.05) is 0 Å². The molecule has 6 nitrogen and oxygen atoms in total. The van der Waals surface area contributed by atoms with Crippen LogP contribution < -0.4 is 0 Å². The van der Waals surface area contributed by atoms with Gasteiger partial charge in [-0.25, -0.2) is 4.39 Å². The van der Waals surface area contributed by atoms with Crippen LogP contribution in [0.3, 0.4) is 0 Å². The van der Waals surface area contributed by atoms with Gasteiger partial charge in [0.2, 0.25) is 0 Å². The quantitative estimate of drug-likeness (QED) is 0.365. The number of furan rings is 1. The van der Waals surface area contributed by atoms with Crippen molar-refractivity contribution in [1.29, 1.82) is 0 Å². The minimum atomic E-state index is -0.416. The summed E-state index contributed by atoms with van der Waals surface area (Å²) in [5, 5.41) is 13.7. The summed E-state index contributed by atoms with van der Waals surface area (Å²) in [6.45, 7) is 4.68. The molecule has 0 fully saturated rings. The van der Waals surface area contributed by atoms with Crippen molar-refractivity contribution in [3.63, 3.8) is 0 Å². The Morgan fingerprint density at radius 1 is 1.21 bits per heavy atom. The normalized spacial score (nSPS) is 12.4. The molecule has 3 aromatic heterocycles. The number of hydrogen-bond donors (Lipinski definition) is 0. The van der Waals surface area contributed by atoms with Gasteiger partial charge in [0.25, 0.3) is 0 Å². The summed E-state index contributed by atoms with van der Waals surface area (Å²) >= 11 is 7.45. The molecular weight excluding hydrogens is 403 g/mol. The Hall–Kier alpha value is -2.58. The number of nitrogens with zero attached hydrogens (tertiary/aromatic N) is 4. The fraction of sp³-hybridized carbons (Fsp3) is 0.211. The van der Waals surface area contributed by atoms with Crippen LogP contribution >= 0.6 is 23.4 Å². The monoisotopic (exact) mass is 418 g/mol. The lowest BCUT2D eigenvalue weighted by Gasteiger charge is -2.09. The van der Waals surface area contributed by atoms with Gasteiger partial charge < -0.3 is 8.94 Å². The lowest BCUT2D eigenvalue weighted by molar-refractivity contribution is 0.421. The van der Waals surface area contributed by atoms with Crippen LogP contribution in [-0.2, 0) is 6.54 Å². The SMILES string of the molecule is CCn1c(SC(C)c2cc(-c3cc(Cl)ccc3F)on2)nnc1-c1ccco1. The lowest BCUT2D eigenvalue weighted by Crippen LogP contribution is -2.00. The van der Waals surface area contributed by atoms with Gasteiger partial charge in [0, 0.05) is 17.6 Å². The third-order valence-electron chi connectivity index (χ3n) is 4.20. The fourth-order valence-corrected chi connectivity index (χ4v) is 3.91. The summed E-state index contributed by atoms with van der Waals surface area (Å²) in [6, 6.07) is 9.68. The van der Waals surface area contributed by atoms with Crippen LogP contribution in [0.2, 0.25) is 5.02 Å². The molecule has 4 aromatic rings. The van der Waals surface area contributed by atoms with E-state index in [1.165, 1.54) is 30.0 Å². The Labute approximate surface area is 169 Å². The minimum absolute atomic E-state index is 0.0845. The summed E-state index contributed by atoms with van der Waals surface area (Å²) in [4.78, 5) is 0. The van der Waals surface area contributed by atoms with Gasteiger partial charge in [-0.05, 0) is 44.2 Å². The van der Waals surface area contributed by atoms with Gasteiger partial charge in [-0.3, -0.25) is 4.57 Å². The molecule has 0 radical (unpaired) electrons. The highest BCUT2D eigenvalue weighted by Crippen LogP contribution is 2.37. The molecule has 3 heterocycles. The summed E-state index contributed by atoms with van der Waals surface area (Å²) in [6.07, 6.45) is 1.60. The molecule has 1 unspecified atom stereocenters. The van der Waals surface area contributed by atoms with Gasteiger partial charge in [-0.2, -0.15) is 0 Å². The maximum absolute atomic E-state index is 14.1. The van der Waals surface area contributed by atoms with Gasteiger partial charge in [0.15, 0.2) is 22.5 Å². The summed E-state index contributed by atoms with van der Waals surface area (Å²) in [5.74, 6) is 1.25. The van der Waals surface area contributed by atoms with E-state index in [1.807, 2.05) is 30.5 Å². The van der Waals surface area contributed by atoms with E-state index in [0.29, 0.717) is 34.6 Å². The molecule has 0 amide bonds. The van der Waals surface area contributed by atoms with E-state index in [9.17, 15) is 4.39 Å². The molecule has 0 aliphatic carbocycles. The van der Waals surface area contributed by atoms with E-state index in [2.05, 4.69) is 15.4 Å². The van der Waals surface area contributed by atoms with E-state index in [-0.39, 0.29) is 10.8 Å². The number of halogens is 2. The molecule has 28 heavy (non-hydrogen) atoms. The summed E-state index contributed by atoms with van der Waals surface area (Å²) in [5.41, 5.74) is 0.949. The predicted molar refractivity (Wildman–Crippen MR) is 105 cm³/mol. The molecule has 1 atom stereocenters. The Morgan fingerprint density at radius 2 is 2.07 bits per heavy atom. The van der Waals surface area contributed by atoms with Gasteiger partial charge in [-0.1, -0.05) is 28.5 Å². The fourth-order valence-electron chi connectivity index (χ4n) is 2.76.